The summed E-state index contributed by atoms with van der Waals surface area (Å²) in [5.41, 5.74) is 4.72. The highest BCUT2D eigenvalue weighted by atomic mass is 19.2. The number of carbonyl (C=O) groups is 1. The lowest BCUT2D eigenvalue weighted by molar-refractivity contribution is -0.253. The van der Waals surface area contributed by atoms with E-state index in [2.05, 4.69) is 15.2 Å². The lowest BCUT2D eigenvalue weighted by atomic mass is 9.98. The predicted octanol–water partition coefficient (Wildman–Crippen LogP) is 8.00. The molecule has 3 N–H and O–H groups in total. The van der Waals surface area contributed by atoms with Gasteiger partial charge in [0.25, 0.3) is 5.91 Å². The molecule has 3 heterocycles. The number of fused-ring (bicyclic) bond motifs is 1. The first-order chi connectivity index (χ1) is 28.1. The van der Waals surface area contributed by atoms with E-state index in [1.165, 1.54) is 0 Å². The van der Waals surface area contributed by atoms with Crippen LogP contribution in [-0.2, 0) is 22.6 Å². The second-order valence-corrected chi connectivity index (χ2v) is 14.6. The number of amides is 1. The molecular formula is C44H39F5N4O5. The predicted molar refractivity (Wildman–Crippen MR) is 205 cm³/mol. The molecule has 8 rings (SSSR count). The van der Waals surface area contributed by atoms with Gasteiger partial charge in [-0.3, -0.25) is 9.36 Å². The van der Waals surface area contributed by atoms with Gasteiger partial charge >= 0.3 is 5.69 Å². The molecule has 0 saturated carbocycles. The van der Waals surface area contributed by atoms with Crippen LogP contribution in [0.5, 0.6) is 0 Å². The largest absolute Gasteiger partial charge is 0.392 e. The Bertz CT molecular complexity index is 2470. The molecule has 1 amide bonds. The fourth-order valence-electron chi connectivity index (χ4n) is 7.89. The number of aromatic amines is 1. The number of para-hydroxylation sites is 2. The van der Waals surface area contributed by atoms with Crippen LogP contribution in [-0.4, -0.2) is 51.2 Å². The SMILES string of the molecule is O=C(NCc1cccc(-c2ccc([C@H]3O[C@@H](CN4CCC(n5c(=O)[nH]c6ccccc65)CC4)C[C@@H](c4ccc(CO)cc4)O3)cc2)c1)c1c(F)c(F)c(F)c(F)c1F. The van der Waals surface area contributed by atoms with Crippen LogP contribution in [0.4, 0.5) is 22.0 Å². The van der Waals surface area contributed by atoms with Crippen LogP contribution in [0, 0.1) is 29.1 Å². The van der Waals surface area contributed by atoms with Crippen molar-refractivity contribution in [3.8, 4) is 11.1 Å². The molecule has 58 heavy (non-hydrogen) atoms. The number of rotatable bonds is 10. The molecule has 5 aromatic carbocycles. The third-order valence-corrected chi connectivity index (χ3v) is 11.0. The third-order valence-electron chi connectivity index (χ3n) is 11.0. The van der Waals surface area contributed by atoms with Crippen molar-refractivity contribution in [3.05, 3.63) is 164 Å². The van der Waals surface area contributed by atoms with Crippen LogP contribution in [0.15, 0.2) is 102 Å². The number of aliphatic hydroxyl groups is 1. The van der Waals surface area contributed by atoms with E-state index in [0.29, 0.717) is 18.5 Å². The van der Waals surface area contributed by atoms with Gasteiger partial charge in [-0.15, -0.1) is 0 Å². The van der Waals surface area contributed by atoms with Gasteiger partial charge in [-0.2, -0.15) is 0 Å². The van der Waals surface area contributed by atoms with E-state index in [9.17, 15) is 36.6 Å². The standard InChI is InChI=1S/C44H39F5N4O5/c45-37-36(38(46)40(48)41(49)39(37)47)42(55)50-22-26-4-3-5-30(20-26)27-12-14-29(15-13-27)43-57-32(21-35(58-43)28-10-8-25(24-54)9-11-28)23-52-18-16-31(17-19-52)53-34-7-2-1-6-33(34)51-44(53)56/h1-15,20,31-32,35,43,54H,16-19,21-24H2,(H,50,55)(H,51,56)/t32-,35+,43+/m1/s1. The first-order valence-electron chi connectivity index (χ1n) is 19.0. The van der Waals surface area contributed by atoms with Crippen LogP contribution in [0.25, 0.3) is 22.2 Å². The average molecular weight is 799 g/mol. The Kier molecular flexibility index (Phi) is 11.3. The average Bonchev–Trinajstić information content (AvgIpc) is 3.60. The summed E-state index contributed by atoms with van der Waals surface area (Å²) in [7, 11) is 0. The van der Waals surface area contributed by atoms with Crippen LogP contribution < -0.4 is 11.0 Å². The first kappa shape index (κ1) is 39.2. The van der Waals surface area contributed by atoms with E-state index in [0.717, 1.165) is 64.8 Å². The molecule has 0 spiro atoms. The third kappa shape index (κ3) is 7.92. The Morgan fingerprint density at radius 3 is 2.14 bits per heavy atom. The van der Waals surface area contributed by atoms with E-state index in [-0.39, 0.29) is 37.1 Å². The summed E-state index contributed by atoms with van der Waals surface area (Å²) in [5.74, 6) is -12.6. The zero-order valence-electron chi connectivity index (χ0n) is 31.1. The lowest BCUT2D eigenvalue weighted by Gasteiger charge is -2.40. The Morgan fingerprint density at radius 1 is 0.759 bits per heavy atom. The monoisotopic (exact) mass is 798 g/mol. The summed E-state index contributed by atoms with van der Waals surface area (Å²) in [6, 6.07) is 30.0. The highest BCUT2D eigenvalue weighted by Gasteiger charge is 2.35. The molecule has 0 radical (unpaired) electrons. The van der Waals surface area contributed by atoms with E-state index >= 15 is 0 Å². The highest BCUT2D eigenvalue weighted by Crippen LogP contribution is 2.39. The highest BCUT2D eigenvalue weighted by molar-refractivity contribution is 5.94. The molecule has 2 aliphatic rings. The number of aromatic nitrogens is 2. The molecule has 0 unspecified atom stereocenters. The summed E-state index contributed by atoms with van der Waals surface area (Å²) in [6.45, 7) is 1.96. The van der Waals surface area contributed by atoms with Gasteiger partial charge < -0.3 is 29.8 Å². The second kappa shape index (κ2) is 16.7. The molecule has 6 aromatic rings. The molecule has 9 nitrogen and oxygen atoms in total. The molecule has 0 bridgehead atoms. The Balaban J connectivity index is 0.951. The molecule has 300 valence electrons. The molecule has 3 atom stereocenters. The summed E-state index contributed by atoms with van der Waals surface area (Å²) in [4.78, 5) is 30.7. The number of H-pyrrole nitrogens is 1. The maximum Gasteiger partial charge on any atom is 0.326 e. The van der Waals surface area contributed by atoms with Crippen molar-refractivity contribution in [1.29, 1.82) is 0 Å². The van der Waals surface area contributed by atoms with E-state index in [1.807, 2.05) is 83.4 Å². The lowest BCUT2D eigenvalue weighted by Crippen LogP contribution is -2.43. The fourth-order valence-corrected chi connectivity index (χ4v) is 7.89. The number of piperidine rings is 1. The van der Waals surface area contributed by atoms with Gasteiger partial charge in [0.1, 0.15) is 5.56 Å². The summed E-state index contributed by atoms with van der Waals surface area (Å²) in [6.07, 6.45) is 1.10. The second-order valence-electron chi connectivity index (χ2n) is 14.6. The van der Waals surface area contributed by atoms with Gasteiger partial charge in [0.15, 0.2) is 29.6 Å². The molecule has 2 saturated heterocycles. The number of nitrogens with one attached hydrogen (secondary N) is 2. The Labute approximate surface area is 329 Å². The van der Waals surface area contributed by atoms with Gasteiger partial charge in [0, 0.05) is 44.2 Å². The Hall–Kier alpha value is -5.67. The topological polar surface area (TPSA) is 109 Å². The minimum absolute atomic E-state index is 0.0664. The minimum Gasteiger partial charge on any atom is -0.392 e. The number of likely N-dealkylation sites (tertiary alicyclic amines) is 1. The number of hydrogen-bond acceptors (Lipinski definition) is 6. The molecule has 2 fully saturated rings. The number of benzene rings is 5. The van der Waals surface area contributed by atoms with Crippen molar-refractivity contribution in [2.24, 2.45) is 0 Å². The van der Waals surface area contributed by atoms with Crippen molar-refractivity contribution in [2.75, 3.05) is 19.6 Å². The van der Waals surface area contributed by atoms with Crippen LogP contribution in [0.3, 0.4) is 0 Å². The zero-order valence-corrected chi connectivity index (χ0v) is 31.1. The number of aliphatic hydroxyl groups excluding tert-OH is 1. The zero-order chi connectivity index (χ0) is 40.5. The maximum absolute atomic E-state index is 14.2. The number of ether oxygens (including phenoxy) is 2. The number of carbonyl (C=O) groups excluding carboxylic acids is 1. The number of hydrogen-bond donors (Lipinski definition) is 3. The van der Waals surface area contributed by atoms with Gasteiger partial charge in [0.05, 0.1) is 29.8 Å². The fraction of sp³-hybridized carbons (Fsp3) is 0.273. The van der Waals surface area contributed by atoms with E-state index in [1.54, 1.807) is 18.2 Å². The van der Waals surface area contributed by atoms with Crippen LogP contribution in [0.1, 0.15) is 70.3 Å². The van der Waals surface area contributed by atoms with Crippen LogP contribution >= 0.6 is 0 Å². The van der Waals surface area contributed by atoms with E-state index < -0.39 is 46.8 Å². The van der Waals surface area contributed by atoms with Crippen molar-refractivity contribution < 1.29 is 41.3 Å². The van der Waals surface area contributed by atoms with Crippen molar-refractivity contribution in [3.63, 3.8) is 0 Å². The molecule has 14 heteroatoms. The maximum atomic E-state index is 14.2. The molecule has 2 aliphatic heterocycles. The van der Waals surface area contributed by atoms with Crippen LogP contribution in [0.2, 0.25) is 0 Å². The number of halogens is 5. The smallest absolute Gasteiger partial charge is 0.326 e. The summed E-state index contributed by atoms with van der Waals surface area (Å²) < 4.78 is 84.2. The normalized spacial score (nSPS) is 19.1. The van der Waals surface area contributed by atoms with Gasteiger partial charge in [-0.1, -0.05) is 78.9 Å². The van der Waals surface area contributed by atoms with Crippen molar-refractivity contribution in [2.45, 2.75) is 57.0 Å². The quantitative estimate of drug-likeness (QED) is 0.0737. The number of imidazole rings is 1. The first-order valence-corrected chi connectivity index (χ1v) is 19.0. The number of nitrogens with zero attached hydrogens (tertiary/aromatic N) is 2. The van der Waals surface area contributed by atoms with E-state index in [4.69, 9.17) is 9.47 Å². The van der Waals surface area contributed by atoms with Gasteiger partial charge in [0.2, 0.25) is 5.82 Å². The molecule has 0 aliphatic carbocycles. The summed E-state index contributed by atoms with van der Waals surface area (Å²) in [5, 5.41) is 11.8. The van der Waals surface area contributed by atoms with Gasteiger partial charge in [-0.25, -0.2) is 26.7 Å². The Morgan fingerprint density at radius 2 is 1.43 bits per heavy atom. The molecule has 1 aromatic heterocycles. The van der Waals surface area contributed by atoms with Gasteiger partial charge in [-0.05, 0) is 58.9 Å². The molecular weight excluding hydrogens is 759 g/mol. The minimum atomic E-state index is -2.34. The van der Waals surface area contributed by atoms with Crippen molar-refractivity contribution >= 4 is 16.9 Å². The van der Waals surface area contributed by atoms with Crippen molar-refractivity contribution in [1.82, 2.24) is 19.8 Å². The summed E-state index contributed by atoms with van der Waals surface area (Å²) >= 11 is 0.